The molecule has 2 atom stereocenters. The van der Waals surface area contributed by atoms with Crippen LogP contribution in [0.5, 0.6) is 0 Å². The van der Waals surface area contributed by atoms with Crippen LogP contribution in [0.4, 0.5) is 0 Å². The van der Waals surface area contributed by atoms with Gasteiger partial charge in [-0.15, -0.1) is 0 Å². The van der Waals surface area contributed by atoms with Gasteiger partial charge in [0.15, 0.2) is 5.78 Å². The Bertz CT molecular complexity index is 477. The predicted octanol–water partition coefficient (Wildman–Crippen LogP) is 2.94. The van der Waals surface area contributed by atoms with Crippen LogP contribution in [0, 0.1) is 0 Å². The third-order valence-corrected chi connectivity index (χ3v) is 4.51. The molecule has 0 amide bonds. The van der Waals surface area contributed by atoms with Crippen molar-refractivity contribution in [3.8, 4) is 0 Å². The molecule has 0 spiro atoms. The summed E-state index contributed by atoms with van der Waals surface area (Å²) >= 11 is 5.97. The van der Waals surface area contributed by atoms with Gasteiger partial charge in [-0.3, -0.25) is 9.69 Å². The first-order valence-electron chi connectivity index (χ1n) is 7.19. The van der Waals surface area contributed by atoms with Crippen molar-refractivity contribution in [3.63, 3.8) is 0 Å². The number of carbonyl (C=O) groups is 1. The Labute approximate surface area is 126 Å². The van der Waals surface area contributed by atoms with Crippen molar-refractivity contribution in [2.45, 2.75) is 31.8 Å². The lowest BCUT2D eigenvalue weighted by molar-refractivity contribution is 0.0709. The van der Waals surface area contributed by atoms with E-state index in [1.54, 1.807) is 12.1 Å². The van der Waals surface area contributed by atoms with E-state index < -0.39 is 0 Å². The molecule has 1 aromatic carbocycles. The number of halogens is 1. The summed E-state index contributed by atoms with van der Waals surface area (Å²) in [6.07, 6.45) is 2.36. The average Bonchev–Trinajstić information content (AvgIpc) is 2.45. The fraction of sp³-hybridized carbons (Fsp3) is 0.562. The van der Waals surface area contributed by atoms with Crippen LogP contribution in [0.15, 0.2) is 24.3 Å². The molecule has 1 saturated heterocycles. The zero-order chi connectivity index (χ0) is 14.7. The Morgan fingerprint density at radius 1 is 1.50 bits per heavy atom. The van der Waals surface area contributed by atoms with Crippen LogP contribution in [0.3, 0.4) is 0 Å². The summed E-state index contributed by atoms with van der Waals surface area (Å²) in [5, 5.41) is 0.614. The molecular formula is C16H23ClN2O. The molecule has 2 unspecified atom stereocenters. The highest BCUT2D eigenvalue weighted by Gasteiger charge is 2.28. The van der Waals surface area contributed by atoms with Crippen LogP contribution < -0.4 is 0 Å². The molecule has 0 aromatic heterocycles. The van der Waals surface area contributed by atoms with Gasteiger partial charge in [0.1, 0.15) is 0 Å². The largest absolute Gasteiger partial charge is 0.305 e. The van der Waals surface area contributed by atoms with Gasteiger partial charge in [0.2, 0.25) is 0 Å². The third-order valence-electron chi connectivity index (χ3n) is 4.28. The van der Waals surface area contributed by atoms with Gasteiger partial charge < -0.3 is 4.90 Å². The summed E-state index contributed by atoms with van der Waals surface area (Å²) in [7, 11) is 4.19. The smallest absolute Gasteiger partial charge is 0.179 e. The second-order valence-corrected chi connectivity index (χ2v) is 6.21. The second kappa shape index (κ2) is 6.70. The standard InChI is InChI=1S/C16H23ClN2O/c1-12(16(20)13-6-4-7-14(17)10-13)19(3)15-8-5-9-18(2)11-15/h4,6-7,10,12,15H,5,8-9,11H2,1-3H3. The summed E-state index contributed by atoms with van der Waals surface area (Å²) in [6.45, 7) is 4.17. The minimum Gasteiger partial charge on any atom is -0.305 e. The van der Waals surface area contributed by atoms with Gasteiger partial charge in [0, 0.05) is 23.2 Å². The van der Waals surface area contributed by atoms with Crippen LogP contribution in [-0.2, 0) is 0 Å². The Morgan fingerprint density at radius 3 is 2.90 bits per heavy atom. The first-order valence-corrected chi connectivity index (χ1v) is 7.57. The van der Waals surface area contributed by atoms with Crippen molar-refractivity contribution in [3.05, 3.63) is 34.9 Å². The first-order chi connectivity index (χ1) is 9.49. The maximum Gasteiger partial charge on any atom is 0.179 e. The average molecular weight is 295 g/mol. The molecule has 110 valence electrons. The Hall–Kier alpha value is -0.900. The molecule has 0 saturated carbocycles. The van der Waals surface area contributed by atoms with Crippen molar-refractivity contribution in [1.82, 2.24) is 9.80 Å². The number of likely N-dealkylation sites (tertiary alicyclic amines) is 1. The monoisotopic (exact) mass is 294 g/mol. The van der Waals surface area contributed by atoms with Gasteiger partial charge in [-0.1, -0.05) is 23.7 Å². The van der Waals surface area contributed by atoms with Crippen molar-refractivity contribution < 1.29 is 4.79 Å². The molecule has 2 rings (SSSR count). The van der Waals surface area contributed by atoms with E-state index in [1.165, 1.54) is 6.42 Å². The highest BCUT2D eigenvalue weighted by molar-refractivity contribution is 6.31. The molecular weight excluding hydrogens is 272 g/mol. The molecule has 1 fully saturated rings. The van der Waals surface area contributed by atoms with Crippen LogP contribution in [-0.4, -0.2) is 54.9 Å². The van der Waals surface area contributed by atoms with Gasteiger partial charge in [0.05, 0.1) is 6.04 Å². The molecule has 3 nitrogen and oxygen atoms in total. The van der Waals surface area contributed by atoms with Gasteiger partial charge in [-0.25, -0.2) is 0 Å². The molecule has 0 bridgehead atoms. The fourth-order valence-corrected chi connectivity index (χ4v) is 3.05. The number of nitrogens with zero attached hydrogens (tertiary/aromatic N) is 2. The van der Waals surface area contributed by atoms with E-state index in [2.05, 4.69) is 23.9 Å². The van der Waals surface area contributed by atoms with Crippen molar-refractivity contribution >= 4 is 17.4 Å². The van der Waals surface area contributed by atoms with Crippen molar-refractivity contribution in [2.75, 3.05) is 27.2 Å². The highest BCUT2D eigenvalue weighted by atomic mass is 35.5. The number of likely N-dealkylation sites (N-methyl/N-ethyl adjacent to an activating group) is 2. The van der Waals surface area contributed by atoms with E-state index in [-0.39, 0.29) is 11.8 Å². The molecule has 0 radical (unpaired) electrons. The molecule has 1 aromatic rings. The maximum atomic E-state index is 12.5. The number of Topliss-reactive ketones (excluding diaryl/α,β-unsaturated/α-hetero) is 1. The molecule has 20 heavy (non-hydrogen) atoms. The lowest BCUT2D eigenvalue weighted by atomic mass is 9.99. The number of ketones is 1. The van der Waals surface area contributed by atoms with Crippen LogP contribution >= 0.6 is 11.6 Å². The van der Waals surface area contributed by atoms with E-state index >= 15 is 0 Å². The molecule has 1 aliphatic heterocycles. The quantitative estimate of drug-likeness (QED) is 0.798. The van der Waals surface area contributed by atoms with Crippen LogP contribution in [0.2, 0.25) is 5.02 Å². The summed E-state index contributed by atoms with van der Waals surface area (Å²) in [5.74, 6) is 0.142. The number of piperidine rings is 1. The summed E-state index contributed by atoms with van der Waals surface area (Å²) in [5.41, 5.74) is 0.695. The number of rotatable bonds is 4. The fourth-order valence-electron chi connectivity index (χ4n) is 2.86. The summed E-state index contributed by atoms with van der Waals surface area (Å²) in [6, 6.07) is 7.54. The highest BCUT2D eigenvalue weighted by Crippen LogP contribution is 2.19. The zero-order valence-corrected chi connectivity index (χ0v) is 13.2. The molecule has 0 N–H and O–H groups in total. The van der Waals surface area contributed by atoms with Crippen LogP contribution in [0.1, 0.15) is 30.1 Å². The van der Waals surface area contributed by atoms with Gasteiger partial charge in [0.25, 0.3) is 0 Å². The maximum absolute atomic E-state index is 12.5. The topological polar surface area (TPSA) is 23.6 Å². The van der Waals surface area contributed by atoms with E-state index in [0.717, 1.165) is 19.5 Å². The molecule has 1 heterocycles. The third kappa shape index (κ3) is 3.60. The molecule has 4 heteroatoms. The zero-order valence-electron chi connectivity index (χ0n) is 12.5. The second-order valence-electron chi connectivity index (χ2n) is 5.77. The number of hydrogen-bond acceptors (Lipinski definition) is 3. The number of hydrogen-bond donors (Lipinski definition) is 0. The Balaban J connectivity index is 2.06. The van der Waals surface area contributed by atoms with E-state index in [1.807, 2.05) is 19.1 Å². The predicted molar refractivity (Wildman–Crippen MR) is 83.5 cm³/mol. The van der Waals surface area contributed by atoms with E-state index in [4.69, 9.17) is 11.6 Å². The van der Waals surface area contributed by atoms with Gasteiger partial charge in [-0.05, 0) is 52.5 Å². The normalized spacial score (nSPS) is 21.9. The molecule has 1 aliphatic rings. The minimum absolute atomic E-state index is 0.120. The minimum atomic E-state index is -0.120. The van der Waals surface area contributed by atoms with E-state index in [9.17, 15) is 4.79 Å². The number of benzene rings is 1. The van der Waals surface area contributed by atoms with Crippen molar-refractivity contribution in [2.24, 2.45) is 0 Å². The summed E-state index contributed by atoms with van der Waals surface area (Å²) in [4.78, 5) is 17.1. The van der Waals surface area contributed by atoms with Gasteiger partial charge >= 0.3 is 0 Å². The van der Waals surface area contributed by atoms with Crippen LogP contribution in [0.25, 0.3) is 0 Å². The Kier molecular flexibility index (Phi) is 5.19. The van der Waals surface area contributed by atoms with Gasteiger partial charge in [-0.2, -0.15) is 0 Å². The molecule has 0 aliphatic carbocycles. The Morgan fingerprint density at radius 2 is 2.25 bits per heavy atom. The first kappa shape index (κ1) is 15.5. The van der Waals surface area contributed by atoms with Crippen molar-refractivity contribution in [1.29, 1.82) is 0 Å². The number of carbonyl (C=O) groups excluding carboxylic acids is 1. The lowest BCUT2D eigenvalue weighted by Crippen LogP contribution is -2.50. The summed E-state index contributed by atoms with van der Waals surface area (Å²) < 4.78 is 0. The SMILES string of the molecule is CC(C(=O)c1cccc(Cl)c1)N(C)C1CCCN(C)C1. The lowest BCUT2D eigenvalue weighted by Gasteiger charge is -2.38. The van der Waals surface area contributed by atoms with E-state index in [0.29, 0.717) is 16.6 Å².